The zero-order chi connectivity index (χ0) is 25.1. The molecule has 12 heteroatoms. The van der Waals surface area contributed by atoms with Crippen LogP contribution in [0.4, 0.5) is 0 Å². The second-order valence-corrected chi connectivity index (χ2v) is 8.96. The first kappa shape index (κ1) is 29.7. The number of hydrogen-bond acceptors (Lipinski definition) is 12. The lowest BCUT2D eigenvalue weighted by atomic mass is 9.99. The molecule has 0 bridgehead atoms. The largest absolute Gasteiger partial charge is 0.394 e. The molecule has 0 aromatic carbocycles. The summed E-state index contributed by atoms with van der Waals surface area (Å²) in [6.45, 7) is -0.300. The lowest BCUT2D eigenvalue weighted by molar-refractivity contribution is -0.301. The van der Waals surface area contributed by atoms with Gasteiger partial charge in [0, 0.05) is 13.2 Å². The minimum atomic E-state index is -1.43. The highest BCUT2D eigenvalue weighted by molar-refractivity contribution is 4.89. The van der Waals surface area contributed by atoms with E-state index in [1.54, 1.807) is 0 Å². The van der Waals surface area contributed by atoms with Crippen LogP contribution in [0.25, 0.3) is 0 Å². The van der Waals surface area contributed by atoms with Crippen LogP contribution in [-0.2, 0) is 18.9 Å². The molecule has 0 amide bonds. The third-order valence-corrected chi connectivity index (χ3v) is 6.30. The Morgan fingerprint density at radius 3 is 1.09 bits per heavy atom. The van der Waals surface area contributed by atoms with Crippen LogP contribution in [0, 0.1) is 0 Å². The maximum Gasteiger partial charge on any atom is 0.186 e. The van der Waals surface area contributed by atoms with Crippen molar-refractivity contribution in [2.24, 2.45) is 0 Å². The molecule has 34 heavy (non-hydrogen) atoms. The summed E-state index contributed by atoms with van der Waals surface area (Å²) in [5, 5.41) is 77.1. The molecule has 0 aliphatic carbocycles. The summed E-state index contributed by atoms with van der Waals surface area (Å²) in [6.07, 6.45) is -5.00. The van der Waals surface area contributed by atoms with Gasteiger partial charge in [0.05, 0.1) is 13.2 Å². The Labute approximate surface area is 199 Å². The highest BCUT2D eigenvalue weighted by Crippen LogP contribution is 2.23. The molecule has 2 aliphatic rings. The summed E-state index contributed by atoms with van der Waals surface area (Å²) < 4.78 is 21.5. The summed E-state index contributed by atoms with van der Waals surface area (Å²) in [6, 6.07) is 0. The fourth-order valence-electron chi connectivity index (χ4n) is 4.07. The zero-order valence-electron chi connectivity index (χ0n) is 19.5. The van der Waals surface area contributed by atoms with E-state index in [4.69, 9.17) is 29.2 Å². The number of rotatable bonds is 15. The van der Waals surface area contributed by atoms with E-state index in [1.807, 2.05) is 0 Å². The minimum Gasteiger partial charge on any atom is -0.394 e. The molecule has 12 nitrogen and oxygen atoms in total. The van der Waals surface area contributed by atoms with Crippen molar-refractivity contribution in [1.82, 2.24) is 0 Å². The van der Waals surface area contributed by atoms with Crippen molar-refractivity contribution in [3.8, 4) is 0 Å². The van der Waals surface area contributed by atoms with Gasteiger partial charge >= 0.3 is 0 Å². The Morgan fingerprint density at radius 2 is 0.765 bits per heavy atom. The predicted molar refractivity (Wildman–Crippen MR) is 116 cm³/mol. The van der Waals surface area contributed by atoms with Crippen molar-refractivity contribution in [3.63, 3.8) is 0 Å². The first-order valence-corrected chi connectivity index (χ1v) is 12.2. The highest BCUT2D eigenvalue weighted by Gasteiger charge is 2.44. The summed E-state index contributed by atoms with van der Waals surface area (Å²) in [5.41, 5.74) is 0. The molecule has 10 atom stereocenters. The van der Waals surface area contributed by atoms with Gasteiger partial charge in [-0.05, 0) is 12.8 Å². The first-order chi connectivity index (χ1) is 16.3. The van der Waals surface area contributed by atoms with E-state index in [1.165, 1.54) is 0 Å². The van der Waals surface area contributed by atoms with E-state index in [9.17, 15) is 30.6 Å². The van der Waals surface area contributed by atoms with Crippen LogP contribution < -0.4 is 0 Å². The third kappa shape index (κ3) is 8.57. The van der Waals surface area contributed by atoms with E-state index < -0.39 is 74.6 Å². The Kier molecular flexibility index (Phi) is 13.6. The Balaban J connectivity index is 1.44. The van der Waals surface area contributed by atoms with E-state index >= 15 is 0 Å². The topological polar surface area (TPSA) is 199 Å². The van der Waals surface area contributed by atoms with Gasteiger partial charge in [0.1, 0.15) is 48.8 Å². The molecule has 0 radical (unpaired) electrons. The molecule has 0 spiro atoms. The average Bonchev–Trinajstić information content (AvgIpc) is 2.84. The number of aliphatic hydroxyl groups is 8. The molecular formula is C22H42O12. The zero-order valence-corrected chi connectivity index (χ0v) is 19.5. The van der Waals surface area contributed by atoms with Crippen molar-refractivity contribution in [2.75, 3.05) is 26.4 Å². The first-order valence-electron chi connectivity index (χ1n) is 12.2. The van der Waals surface area contributed by atoms with Crippen LogP contribution in [-0.4, -0.2) is 129 Å². The molecule has 2 aliphatic heterocycles. The second kappa shape index (κ2) is 15.6. The van der Waals surface area contributed by atoms with Crippen molar-refractivity contribution in [1.29, 1.82) is 0 Å². The molecule has 0 saturated carbocycles. The van der Waals surface area contributed by atoms with Crippen LogP contribution in [0.3, 0.4) is 0 Å². The SMILES string of the molecule is OC[C@H]1O[C@H](OCCCCCCCCCCO[C@H]2O[C@H](CO)[C@H](O)[C@H](O)[C@H]2O)[C@H](O)[C@@H](O)[C@H]1O. The molecule has 0 unspecified atom stereocenters. The fourth-order valence-corrected chi connectivity index (χ4v) is 4.07. The van der Waals surface area contributed by atoms with E-state index in [-0.39, 0.29) is 0 Å². The van der Waals surface area contributed by atoms with Crippen LogP contribution in [0.2, 0.25) is 0 Å². The van der Waals surface area contributed by atoms with Gasteiger partial charge in [0.25, 0.3) is 0 Å². The van der Waals surface area contributed by atoms with Crippen LogP contribution in [0.5, 0.6) is 0 Å². The summed E-state index contributed by atoms with van der Waals surface area (Å²) in [5.74, 6) is 0. The smallest absolute Gasteiger partial charge is 0.186 e. The molecule has 2 rings (SSSR count). The van der Waals surface area contributed by atoms with Crippen molar-refractivity contribution < 1.29 is 59.8 Å². The molecule has 0 aromatic heterocycles. The highest BCUT2D eigenvalue weighted by atomic mass is 16.7. The monoisotopic (exact) mass is 498 g/mol. The molecule has 2 fully saturated rings. The fraction of sp³-hybridized carbons (Fsp3) is 1.00. The Hall–Kier alpha value is -0.480. The van der Waals surface area contributed by atoms with Crippen LogP contribution >= 0.6 is 0 Å². The van der Waals surface area contributed by atoms with Crippen molar-refractivity contribution in [2.45, 2.75) is 113 Å². The number of aliphatic hydroxyl groups excluding tert-OH is 8. The second-order valence-electron chi connectivity index (χ2n) is 8.96. The quantitative estimate of drug-likeness (QED) is 0.113. The average molecular weight is 499 g/mol. The maximum atomic E-state index is 9.91. The summed E-state index contributed by atoms with van der Waals surface area (Å²) in [7, 11) is 0. The van der Waals surface area contributed by atoms with Gasteiger partial charge in [0.2, 0.25) is 0 Å². The van der Waals surface area contributed by atoms with Gasteiger partial charge in [-0.3, -0.25) is 0 Å². The van der Waals surface area contributed by atoms with Gasteiger partial charge in [-0.2, -0.15) is 0 Å². The number of unbranched alkanes of at least 4 members (excludes halogenated alkanes) is 7. The van der Waals surface area contributed by atoms with Gasteiger partial charge in [0.15, 0.2) is 12.6 Å². The Morgan fingerprint density at radius 1 is 0.441 bits per heavy atom. The predicted octanol–water partition coefficient (Wildman–Crippen LogP) is -2.26. The van der Waals surface area contributed by atoms with E-state index in [0.29, 0.717) is 13.2 Å². The standard InChI is InChI=1S/C22H42O12/c23-11-13-15(25)17(27)19(29)21(33-13)31-9-7-5-3-1-2-4-6-8-10-32-22-20(30)18(28)16(26)14(12-24)34-22/h13-30H,1-12H2/t13-,14-,15+,16+,17+,18+,19-,20-,21+,22+/m1/s1. The summed E-state index contributed by atoms with van der Waals surface area (Å²) >= 11 is 0. The molecular weight excluding hydrogens is 456 g/mol. The van der Waals surface area contributed by atoms with Crippen molar-refractivity contribution >= 4 is 0 Å². The van der Waals surface area contributed by atoms with E-state index in [0.717, 1.165) is 51.4 Å². The molecule has 8 N–H and O–H groups in total. The lowest BCUT2D eigenvalue weighted by Gasteiger charge is -2.39. The van der Waals surface area contributed by atoms with E-state index in [2.05, 4.69) is 0 Å². The van der Waals surface area contributed by atoms with Gasteiger partial charge in [-0.25, -0.2) is 0 Å². The maximum absolute atomic E-state index is 9.91. The van der Waals surface area contributed by atoms with Gasteiger partial charge in [-0.1, -0.05) is 38.5 Å². The molecule has 2 heterocycles. The Bertz CT molecular complexity index is 490. The van der Waals surface area contributed by atoms with Crippen LogP contribution in [0.15, 0.2) is 0 Å². The lowest BCUT2D eigenvalue weighted by Crippen LogP contribution is -2.59. The number of ether oxygens (including phenoxy) is 4. The minimum absolute atomic E-state index is 0.331. The van der Waals surface area contributed by atoms with Crippen molar-refractivity contribution in [3.05, 3.63) is 0 Å². The molecule has 0 aromatic rings. The molecule has 2 saturated heterocycles. The van der Waals surface area contributed by atoms with Crippen LogP contribution in [0.1, 0.15) is 51.4 Å². The summed E-state index contributed by atoms with van der Waals surface area (Å²) in [4.78, 5) is 0. The molecule has 202 valence electrons. The normalized spacial score (nSPS) is 38.8. The number of hydrogen-bond donors (Lipinski definition) is 8. The van der Waals surface area contributed by atoms with Gasteiger partial charge < -0.3 is 59.8 Å². The van der Waals surface area contributed by atoms with Gasteiger partial charge in [-0.15, -0.1) is 0 Å². The third-order valence-electron chi connectivity index (χ3n) is 6.30.